The molecule has 66 valence electrons. The Labute approximate surface area is 81.1 Å². The molecule has 2 nitrogen and oxygen atoms in total. The van der Waals surface area contributed by atoms with Crippen LogP contribution in [0.1, 0.15) is 4.88 Å². The zero-order valence-electron chi connectivity index (χ0n) is 7.32. The average Bonchev–Trinajstić information content (AvgIpc) is 2.53. The second-order valence-electron chi connectivity index (χ2n) is 2.92. The highest BCUT2D eigenvalue weighted by atomic mass is 32.1. The summed E-state index contributed by atoms with van der Waals surface area (Å²) in [4.78, 5) is 5.36. The van der Waals surface area contributed by atoms with Gasteiger partial charge >= 0.3 is 0 Å². The second-order valence-corrected chi connectivity index (χ2v) is 4.03. The van der Waals surface area contributed by atoms with Crippen molar-refractivity contribution in [3.63, 3.8) is 0 Å². The number of hydrogen-bond donors (Lipinski definition) is 1. The lowest BCUT2D eigenvalue weighted by Crippen LogP contribution is -1.88. The highest BCUT2D eigenvalue weighted by Crippen LogP contribution is 2.24. The molecule has 13 heavy (non-hydrogen) atoms. The van der Waals surface area contributed by atoms with Crippen LogP contribution in [0.25, 0.3) is 11.1 Å². The summed E-state index contributed by atoms with van der Waals surface area (Å²) in [7, 11) is 0. The zero-order valence-corrected chi connectivity index (χ0v) is 8.14. The van der Waals surface area contributed by atoms with Crippen molar-refractivity contribution in [2.45, 2.75) is 6.92 Å². The summed E-state index contributed by atoms with van der Waals surface area (Å²) in [6.07, 6.45) is 1.80. The van der Waals surface area contributed by atoms with E-state index in [4.69, 9.17) is 5.73 Å². The van der Waals surface area contributed by atoms with Gasteiger partial charge in [0.25, 0.3) is 0 Å². The maximum atomic E-state index is 5.50. The molecule has 0 unspecified atom stereocenters. The van der Waals surface area contributed by atoms with E-state index in [1.165, 1.54) is 10.4 Å². The third-order valence-electron chi connectivity index (χ3n) is 1.85. The summed E-state index contributed by atoms with van der Waals surface area (Å²) in [5, 5.41) is 2.13. The Hall–Kier alpha value is -1.35. The summed E-state index contributed by atoms with van der Waals surface area (Å²) < 4.78 is 0. The van der Waals surface area contributed by atoms with Gasteiger partial charge in [-0.25, -0.2) is 4.98 Å². The second kappa shape index (κ2) is 3.18. The van der Waals surface area contributed by atoms with Crippen molar-refractivity contribution in [2.75, 3.05) is 5.73 Å². The van der Waals surface area contributed by atoms with E-state index in [2.05, 4.69) is 23.4 Å². The molecule has 0 aliphatic heterocycles. The van der Waals surface area contributed by atoms with Gasteiger partial charge < -0.3 is 5.73 Å². The maximum Gasteiger partial charge on any atom is 0.123 e. The molecule has 3 heteroatoms. The molecule has 0 aromatic carbocycles. The first-order valence-corrected chi connectivity index (χ1v) is 4.91. The van der Waals surface area contributed by atoms with Gasteiger partial charge in [-0.1, -0.05) is 0 Å². The van der Waals surface area contributed by atoms with Gasteiger partial charge in [0.15, 0.2) is 0 Å². The van der Waals surface area contributed by atoms with E-state index in [0.717, 1.165) is 5.56 Å². The first-order chi connectivity index (χ1) is 6.25. The molecule has 2 aromatic heterocycles. The molecule has 2 aromatic rings. The van der Waals surface area contributed by atoms with Crippen LogP contribution in [-0.2, 0) is 0 Å². The van der Waals surface area contributed by atoms with Crippen LogP contribution in [0.15, 0.2) is 29.8 Å². The van der Waals surface area contributed by atoms with E-state index in [-0.39, 0.29) is 0 Å². The highest BCUT2D eigenvalue weighted by molar-refractivity contribution is 7.10. The lowest BCUT2D eigenvalue weighted by atomic mass is 10.1. The first kappa shape index (κ1) is 8.26. The molecule has 0 aliphatic rings. The van der Waals surface area contributed by atoms with Gasteiger partial charge in [0.05, 0.1) is 0 Å². The molecule has 0 bridgehead atoms. The third-order valence-corrected chi connectivity index (χ3v) is 2.71. The average molecular weight is 190 g/mol. The normalized spacial score (nSPS) is 10.2. The number of hydrogen-bond acceptors (Lipinski definition) is 3. The van der Waals surface area contributed by atoms with Crippen LogP contribution in [0.3, 0.4) is 0 Å². The lowest BCUT2D eigenvalue weighted by Gasteiger charge is -1.96. The molecule has 0 spiro atoms. The van der Waals surface area contributed by atoms with E-state index < -0.39 is 0 Å². The van der Waals surface area contributed by atoms with Crippen LogP contribution in [0.5, 0.6) is 0 Å². The van der Waals surface area contributed by atoms with Crippen LogP contribution < -0.4 is 5.73 Å². The summed E-state index contributed by atoms with van der Waals surface area (Å²) in [5.41, 5.74) is 7.84. The number of nitrogens with zero attached hydrogens (tertiary/aromatic N) is 1. The molecule has 0 amide bonds. The summed E-state index contributed by atoms with van der Waals surface area (Å²) >= 11 is 1.74. The van der Waals surface area contributed by atoms with Crippen molar-refractivity contribution in [1.82, 2.24) is 4.98 Å². The summed E-state index contributed by atoms with van der Waals surface area (Å²) in [5.74, 6) is 0.565. The molecule has 2 heterocycles. The van der Waals surface area contributed by atoms with Gasteiger partial charge in [-0.15, -0.1) is 11.3 Å². The van der Waals surface area contributed by atoms with Gasteiger partial charge in [0.1, 0.15) is 5.82 Å². The zero-order chi connectivity index (χ0) is 9.26. The molecular weight excluding hydrogens is 180 g/mol. The van der Waals surface area contributed by atoms with Crippen molar-refractivity contribution < 1.29 is 0 Å². The molecule has 0 fully saturated rings. The first-order valence-electron chi connectivity index (χ1n) is 4.03. The number of nitrogens with two attached hydrogens (primary N) is 1. The Morgan fingerprint density at radius 2 is 2.15 bits per heavy atom. The van der Waals surface area contributed by atoms with E-state index in [1.54, 1.807) is 17.5 Å². The van der Waals surface area contributed by atoms with Gasteiger partial charge in [-0.2, -0.15) is 0 Å². The standard InChI is InChI=1S/C10H10N2S/c1-7-4-9(6-13-7)8-2-3-10(11)12-5-8/h2-6H,1H3,(H2,11,12). The van der Waals surface area contributed by atoms with Crippen LogP contribution in [0.2, 0.25) is 0 Å². The molecule has 0 aliphatic carbocycles. The Morgan fingerprint density at radius 1 is 1.31 bits per heavy atom. The van der Waals surface area contributed by atoms with Crippen molar-refractivity contribution in [2.24, 2.45) is 0 Å². The number of aromatic nitrogens is 1. The van der Waals surface area contributed by atoms with Crippen LogP contribution in [0, 0.1) is 6.92 Å². The van der Waals surface area contributed by atoms with Gasteiger partial charge in [-0.3, -0.25) is 0 Å². The fourth-order valence-electron chi connectivity index (χ4n) is 1.17. The Bertz CT molecular complexity index is 403. The number of anilines is 1. The quantitative estimate of drug-likeness (QED) is 0.751. The van der Waals surface area contributed by atoms with Crippen LogP contribution in [-0.4, -0.2) is 4.98 Å². The van der Waals surface area contributed by atoms with Crippen molar-refractivity contribution in [3.8, 4) is 11.1 Å². The van der Waals surface area contributed by atoms with Crippen molar-refractivity contribution in [1.29, 1.82) is 0 Å². The largest absolute Gasteiger partial charge is 0.384 e. The fraction of sp³-hybridized carbons (Fsp3) is 0.100. The van der Waals surface area contributed by atoms with Crippen LogP contribution in [0.4, 0.5) is 5.82 Å². The number of pyridine rings is 1. The van der Waals surface area contributed by atoms with E-state index in [9.17, 15) is 0 Å². The van der Waals surface area contributed by atoms with E-state index >= 15 is 0 Å². The Morgan fingerprint density at radius 3 is 2.69 bits per heavy atom. The van der Waals surface area contributed by atoms with E-state index in [1.807, 2.05) is 12.1 Å². The molecule has 0 radical (unpaired) electrons. The Kier molecular flexibility index (Phi) is 2.02. The third kappa shape index (κ3) is 1.70. The maximum absolute atomic E-state index is 5.50. The van der Waals surface area contributed by atoms with Crippen LogP contribution >= 0.6 is 11.3 Å². The molecular formula is C10H10N2S. The number of rotatable bonds is 1. The molecule has 0 saturated carbocycles. The van der Waals surface area contributed by atoms with Gasteiger partial charge in [-0.05, 0) is 36.1 Å². The summed E-state index contributed by atoms with van der Waals surface area (Å²) in [6, 6.07) is 5.96. The molecule has 2 rings (SSSR count). The minimum absolute atomic E-state index is 0.565. The Balaban J connectivity index is 2.41. The number of thiophene rings is 1. The predicted octanol–water partition coefficient (Wildman–Crippen LogP) is 2.70. The molecule has 0 atom stereocenters. The topological polar surface area (TPSA) is 38.9 Å². The minimum Gasteiger partial charge on any atom is -0.384 e. The van der Waals surface area contributed by atoms with Gasteiger partial charge in [0.2, 0.25) is 0 Å². The monoisotopic (exact) mass is 190 g/mol. The molecule has 0 saturated heterocycles. The predicted molar refractivity (Wildman–Crippen MR) is 56.7 cm³/mol. The summed E-state index contributed by atoms with van der Waals surface area (Å²) in [6.45, 7) is 2.10. The van der Waals surface area contributed by atoms with Gasteiger partial charge in [0, 0.05) is 16.6 Å². The number of aryl methyl sites for hydroxylation is 1. The van der Waals surface area contributed by atoms with E-state index in [0.29, 0.717) is 5.82 Å². The SMILES string of the molecule is Cc1cc(-c2ccc(N)nc2)cs1. The fourth-order valence-corrected chi connectivity index (χ4v) is 1.88. The smallest absolute Gasteiger partial charge is 0.123 e. The minimum atomic E-state index is 0.565. The highest BCUT2D eigenvalue weighted by Gasteiger charge is 1.99. The number of nitrogen functional groups attached to an aromatic ring is 1. The lowest BCUT2D eigenvalue weighted by molar-refractivity contribution is 1.34. The van der Waals surface area contributed by atoms with Crippen molar-refractivity contribution in [3.05, 3.63) is 34.7 Å². The molecule has 2 N–H and O–H groups in total. The van der Waals surface area contributed by atoms with Crippen molar-refractivity contribution >= 4 is 17.2 Å².